The number of aliphatic carboxylic acids is 1. The lowest BCUT2D eigenvalue weighted by atomic mass is 10.0. The molecule has 2 aromatic rings. The monoisotopic (exact) mass is 377 g/mol. The third kappa shape index (κ3) is 3.87. The summed E-state index contributed by atoms with van der Waals surface area (Å²) in [5.41, 5.74) is 5.83. The Kier molecular flexibility index (Phi) is 5.26. The summed E-state index contributed by atoms with van der Waals surface area (Å²) < 4.78 is 0. The Labute approximate surface area is 155 Å². The zero-order chi connectivity index (χ0) is 18.8. The van der Waals surface area contributed by atoms with E-state index >= 15 is 0 Å². The molecule has 3 heterocycles. The van der Waals surface area contributed by atoms with E-state index in [1.54, 1.807) is 6.07 Å². The van der Waals surface area contributed by atoms with Crippen molar-refractivity contribution in [2.24, 2.45) is 5.92 Å². The van der Waals surface area contributed by atoms with Crippen LogP contribution in [0.5, 0.6) is 0 Å². The van der Waals surface area contributed by atoms with Gasteiger partial charge in [0.1, 0.15) is 16.7 Å². The highest BCUT2D eigenvalue weighted by Gasteiger charge is 2.25. The third-order valence-electron chi connectivity index (χ3n) is 4.33. The van der Waals surface area contributed by atoms with Crippen molar-refractivity contribution in [3.63, 3.8) is 0 Å². The van der Waals surface area contributed by atoms with Crippen LogP contribution < -0.4 is 16.0 Å². The van der Waals surface area contributed by atoms with Gasteiger partial charge >= 0.3 is 5.97 Å². The number of carboxylic acids is 1. The molecule has 4 N–H and O–H groups in total. The molecule has 0 spiro atoms. The van der Waals surface area contributed by atoms with E-state index in [-0.39, 0.29) is 11.9 Å². The summed E-state index contributed by atoms with van der Waals surface area (Å²) >= 11 is 1.20. The van der Waals surface area contributed by atoms with Gasteiger partial charge in [0.05, 0.1) is 10.3 Å². The maximum Gasteiger partial charge on any atom is 0.326 e. The molecule has 1 amide bonds. The Hall–Kier alpha value is -2.42. The van der Waals surface area contributed by atoms with E-state index in [9.17, 15) is 14.7 Å². The number of amides is 1. The number of fused-ring (bicyclic) bond motifs is 1. The van der Waals surface area contributed by atoms with Crippen LogP contribution in [0.4, 0.5) is 11.8 Å². The minimum absolute atomic E-state index is 0.159. The highest BCUT2D eigenvalue weighted by Crippen LogP contribution is 2.33. The van der Waals surface area contributed by atoms with Crippen LogP contribution in [-0.2, 0) is 4.79 Å². The molecule has 3 rings (SSSR count). The van der Waals surface area contributed by atoms with Crippen molar-refractivity contribution in [2.75, 3.05) is 23.7 Å². The van der Waals surface area contributed by atoms with Crippen molar-refractivity contribution in [3.8, 4) is 0 Å². The van der Waals surface area contributed by atoms with Gasteiger partial charge in [0, 0.05) is 13.1 Å². The van der Waals surface area contributed by atoms with Crippen LogP contribution in [0.25, 0.3) is 10.2 Å². The molecule has 8 nitrogen and oxygen atoms in total. The molecule has 1 fully saturated rings. The van der Waals surface area contributed by atoms with Crippen LogP contribution in [0.3, 0.4) is 0 Å². The van der Waals surface area contributed by atoms with E-state index in [0.29, 0.717) is 16.1 Å². The summed E-state index contributed by atoms with van der Waals surface area (Å²) in [6.45, 7) is 5.64. The van der Waals surface area contributed by atoms with Gasteiger partial charge < -0.3 is 21.1 Å². The molecular weight excluding hydrogens is 354 g/mol. The van der Waals surface area contributed by atoms with Crippen LogP contribution in [0, 0.1) is 5.92 Å². The number of carboxylic acid groups (broad SMARTS) is 1. The standard InChI is InChI=1S/C17H23N5O3S/c1-9(2)7-11(16(24)25)19-14(23)12-8-10-13(22-5-3-4-6-22)20-17(18)21-15(10)26-12/h8-9,11H,3-7H2,1-2H3,(H,19,23)(H,24,25)(H2,18,20,21). The Morgan fingerprint density at radius 2 is 2.04 bits per heavy atom. The number of nitrogen functional groups attached to an aromatic ring is 1. The number of hydrogen-bond acceptors (Lipinski definition) is 7. The molecule has 0 aliphatic carbocycles. The molecule has 1 atom stereocenters. The summed E-state index contributed by atoms with van der Waals surface area (Å²) in [6, 6.07) is 0.818. The van der Waals surface area contributed by atoms with Crippen molar-refractivity contribution in [1.82, 2.24) is 15.3 Å². The van der Waals surface area contributed by atoms with Gasteiger partial charge in [0.15, 0.2) is 0 Å². The predicted molar refractivity (Wildman–Crippen MR) is 102 cm³/mol. The van der Waals surface area contributed by atoms with Crippen molar-refractivity contribution < 1.29 is 14.7 Å². The third-order valence-corrected chi connectivity index (χ3v) is 5.36. The zero-order valence-electron chi connectivity index (χ0n) is 14.9. The van der Waals surface area contributed by atoms with E-state index in [2.05, 4.69) is 20.2 Å². The second kappa shape index (κ2) is 7.45. The van der Waals surface area contributed by atoms with Crippen LogP contribution >= 0.6 is 11.3 Å². The van der Waals surface area contributed by atoms with Gasteiger partial charge in [-0.2, -0.15) is 4.98 Å². The molecule has 140 valence electrons. The van der Waals surface area contributed by atoms with Gasteiger partial charge in [0.25, 0.3) is 5.91 Å². The minimum atomic E-state index is -1.03. The highest BCUT2D eigenvalue weighted by atomic mass is 32.1. The predicted octanol–water partition coefficient (Wildman–Crippen LogP) is 2.10. The van der Waals surface area contributed by atoms with Crippen molar-refractivity contribution in [2.45, 2.75) is 39.2 Å². The number of nitrogens with zero attached hydrogens (tertiary/aromatic N) is 3. The second-order valence-electron chi connectivity index (χ2n) is 6.92. The smallest absolute Gasteiger partial charge is 0.326 e. The molecule has 0 radical (unpaired) electrons. The van der Waals surface area contributed by atoms with Gasteiger partial charge in [-0.1, -0.05) is 13.8 Å². The molecule has 9 heteroatoms. The molecule has 1 saturated heterocycles. The molecule has 1 aliphatic heterocycles. The minimum Gasteiger partial charge on any atom is -0.480 e. The Morgan fingerprint density at radius 3 is 2.65 bits per heavy atom. The number of thiophene rings is 1. The molecule has 0 aromatic carbocycles. The lowest BCUT2D eigenvalue weighted by molar-refractivity contribution is -0.139. The second-order valence-corrected chi connectivity index (χ2v) is 7.95. The fourth-order valence-corrected chi connectivity index (χ4v) is 4.06. The van der Waals surface area contributed by atoms with E-state index in [4.69, 9.17) is 5.73 Å². The van der Waals surface area contributed by atoms with E-state index < -0.39 is 17.9 Å². The molecule has 1 aliphatic rings. The van der Waals surface area contributed by atoms with Crippen molar-refractivity contribution in [1.29, 1.82) is 0 Å². The molecule has 2 aromatic heterocycles. The van der Waals surface area contributed by atoms with E-state index in [1.807, 2.05) is 13.8 Å². The number of carbonyl (C=O) groups is 2. The van der Waals surface area contributed by atoms with Gasteiger partial charge in [-0.15, -0.1) is 11.3 Å². The van der Waals surface area contributed by atoms with Gasteiger partial charge in [-0.25, -0.2) is 9.78 Å². The number of aromatic nitrogens is 2. The number of nitrogens with one attached hydrogen (secondary N) is 1. The lowest BCUT2D eigenvalue weighted by Crippen LogP contribution is -2.41. The average Bonchev–Trinajstić information content (AvgIpc) is 3.22. The van der Waals surface area contributed by atoms with Crippen LogP contribution in [0.15, 0.2) is 6.07 Å². The summed E-state index contributed by atoms with van der Waals surface area (Å²) in [6.07, 6.45) is 2.56. The summed E-state index contributed by atoms with van der Waals surface area (Å²) in [5, 5.41) is 12.7. The van der Waals surface area contributed by atoms with Crippen LogP contribution in [-0.4, -0.2) is 46.1 Å². The largest absolute Gasteiger partial charge is 0.480 e. The van der Waals surface area contributed by atoms with Crippen LogP contribution in [0.2, 0.25) is 0 Å². The highest BCUT2D eigenvalue weighted by molar-refractivity contribution is 7.20. The summed E-state index contributed by atoms with van der Waals surface area (Å²) in [5.74, 6) is -0.359. The van der Waals surface area contributed by atoms with Crippen molar-refractivity contribution >= 4 is 45.2 Å². The lowest BCUT2D eigenvalue weighted by Gasteiger charge is -2.17. The quantitative estimate of drug-likeness (QED) is 0.705. The van der Waals surface area contributed by atoms with E-state index in [1.165, 1.54) is 11.3 Å². The summed E-state index contributed by atoms with van der Waals surface area (Å²) in [7, 11) is 0. The SMILES string of the molecule is CC(C)CC(NC(=O)c1cc2c(N3CCCC3)nc(N)nc2s1)C(=O)O. The average molecular weight is 377 g/mol. The topological polar surface area (TPSA) is 121 Å². The first-order valence-electron chi connectivity index (χ1n) is 8.71. The Morgan fingerprint density at radius 1 is 1.35 bits per heavy atom. The van der Waals surface area contributed by atoms with Gasteiger partial charge in [0.2, 0.25) is 5.95 Å². The number of carbonyl (C=O) groups excluding carboxylic acids is 1. The first kappa shape index (κ1) is 18.4. The number of nitrogens with two attached hydrogens (primary N) is 1. The van der Waals surface area contributed by atoms with Crippen molar-refractivity contribution in [3.05, 3.63) is 10.9 Å². The maximum absolute atomic E-state index is 12.6. The molecule has 1 unspecified atom stereocenters. The van der Waals surface area contributed by atoms with E-state index in [0.717, 1.165) is 37.1 Å². The maximum atomic E-state index is 12.6. The van der Waals surface area contributed by atoms with Crippen LogP contribution in [0.1, 0.15) is 42.8 Å². The number of rotatable bonds is 6. The molecular formula is C17H23N5O3S. The summed E-state index contributed by atoms with van der Waals surface area (Å²) in [4.78, 5) is 35.8. The fourth-order valence-electron chi connectivity index (χ4n) is 3.13. The normalized spacial score (nSPS) is 15.6. The Bertz CT molecular complexity index is 829. The molecule has 26 heavy (non-hydrogen) atoms. The Balaban J connectivity index is 1.89. The zero-order valence-corrected chi connectivity index (χ0v) is 15.7. The fraction of sp³-hybridized carbons (Fsp3) is 0.529. The number of hydrogen-bond donors (Lipinski definition) is 3. The number of anilines is 2. The van der Waals surface area contributed by atoms with Gasteiger partial charge in [-0.3, -0.25) is 4.79 Å². The molecule has 0 saturated carbocycles. The van der Waals surface area contributed by atoms with Gasteiger partial charge in [-0.05, 0) is 31.2 Å². The first-order valence-corrected chi connectivity index (χ1v) is 9.52. The first-order chi connectivity index (χ1) is 12.3. The molecule has 0 bridgehead atoms.